The zero-order valence-electron chi connectivity index (χ0n) is 9.30. The lowest BCUT2D eigenvalue weighted by Gasteiger charge is -2.11. The van der Waals surface area contributed by atoms with Gasteiger partial charge in [-0.25, -0.2) is 0 Å². The summed E-state index contributed by atoms with van der Waals surface area (Å²) in [6, 6.07) is 5.56. The Morgan fingerprint density at radius 3 is 2.24 bits per heavy atom. The Morgan fingerprint density at radius 1 is 1.12 bits per heavy atom. The van der Waals surface area contributed by atoms with Crippen molar-refractivity contribution in [3.05, 3.63) is 35.4 Å². The quantitative estimate of drug-likeness (QED) is 0.688. The minimum atomic E-state index is -4.23. The first-order valence-electron chi connectivity index (χ1n) is 5.75. The molecular formula is C13H14BrF3. The summed E-state index contributed by atoms with van der Waals surface area (Å²) in [4.78, 5) is 0.585. The summed E-state index contributed by atoms with van der Waals surface area (Å²) in [7, 11) is 0. The van der Waals surface area contributed by atoms with Gasteiger partial charge in [0.1, 0.15) is 0 Å². The van der Waals surface area contributed by atoms with Crippen LogP contribution < -0.4 is 0 Å². The van der Waals surface area contributed by atoms with Gasteiger partial charge in [0.15, 0.2) is 0 Å². The fourth-order valence-electron chi connectivity index (χ4n) is 2.36. The van der Waals surface area contributed by atoms with Crippen LogP contribution in [0.15, 0.2) is 24.3 Å². The van der Waals surface area contributed by atoms with Gasteiger partial charge in [0, 0.05) is 4.83 Å². The third kappa shape index (κ3) is 3.47. The van der Waals surface area contributed by atoms with Crippen LogP contribution in [0.5, 0.6) is 0 Å². The molecule has 0 nitrogen and oxygen atoms in total. The Hall–Kier alpha value is -0.510. The van der Waals surface area contributed by atoms with Crippen LogP contribution in [0.3, 0.4) is 0 Å². The average Bonchev–Trinajstić information content (AvgIpc) is 2.63. The highest BCUT2D eigenvalue weighted by atomic mass is 79.9. The molecule has 1 aliphatic carbocycles. The molecule has 0 aliphatic heterocycles. The highest BCUT2D eigenvalue weighted by Gasteiger charge is 2.30. The fraction of sp³-hybridized carbons (Fsp3) is 0.538. The van der Waals surface area contributed by atoms with E-state index in [1.807, 2.05) is 0 Å². The molecule has 2 unspecified atom stereocenters. The standard InChI is InChI=1S/C13H14BrF3/c14-12-6-3-10(8-12)7-9-1-4-11(5-2-9)13(15,16)17/h1-2,4-5,10,12H,3,6-8H2. The topological polar surface area (TPSA) is 0 Å². The van der Waals surface area contributed by atoms with E-state index in [0.29, 0.717) is 10.7 Å². The summed E-state index contributed by atoms with van der Waals surface area (Å²) in [5, 5.41) is 0. The summed E-state index contributed by atoms with van der Waals surface area (Å²) in [5.74, 6) is 0.608. The maximum Gasteiger partial charge on any atom is 0.416 e. The third-order valence-corrected chi connectivity index (χ3v) is 4.11. The van der Waals surface area contributed by atoms with E-state index in [0.717, 1.165) is 24.8 Å². The SMILES string of the molecule is FC(F)(F)c1ccc(CC2CCC(Br)C2)cc1. The van der Waals surface area contributed by atoms with Crippen molar-refractivity contribution in [3.8, 4) is 0 Å². The normalized spacial score (nSPS) is 25.2. The van der Waals surface area contributed by atoms with Gasteiger partial charge in [-0.15, -0.1) is 0 Å². The first-order valence-corrected chi connectivity index (χ1v) is 6.67. The summed E-state index contributed by atoms with van der Waals surface area (Å²) < 4.78 is 37.1. The summed E-state index contributed by atoms with van der Waals surface area (Å²) in [6.07, 6.45) is 0.121. The van der Waals surface area contributed by atoms with E-state index in [2.05, 4.69) is 15.9 Å². The first-order chi connectivity index (χ1) is 7.95. The molecule has 0 saturated heterocycles. The van der Waals surface area contributed by atoms with Gasteiger partial charge in [0.25, 0.3) is 0 Å². The predicted octanol–water partition coefficient (Wildman–Crippen LogP) is 4.81. The molecule has 0 aromatic heterocycles. The van der Waals surface area contributed by atoms with Crippen LogP contribution in [0, 0.1) is 5.92 Å². The Balaban J connectivity index is 1.99. The predicted molar refractivity (Wildman–Crippen MR) is 65.2 cm³/mol. The Kier molecular flexibility index (Phi) is 3.81. The maximum atomic E-state index is 12.4. The minimum absolute atomic E-state index is 0.564. The molecule has 1 aromatic rings. The fourth-order valence-corrected chi connectivity index (χ4v) is 3.16. The zero-order valence-corrected chi connectivity index (χ0v) is 10.9. The lowest BCUT2D eigenvalue weighted by molar-refractivity contribution is -0.137. The van der Waals surface area contributed by atoms with Gasteiger partial charge in [0.2, 0.25) is 0 Å². The van der Waals surface area contributed by atoms with Gasteiger partial charge >= 0.3 is 6.18 Å². The Labute approximate surface area is 107 Å². The van der Waals surface area contributed by atoms with Crippen molar-refractivity contribution < 1.29 is 13.2 Å². The number of hydrogen-bond acceptors (Lipinski definition) is 0. The molecule has 0 N–H and O–H groups in total. The van der Waals surface area contributed by atoms with Crippen LogP contribution >= 0.6 is 15.9 Å². The summed E-state index contributed by atoms with van der Waals surface area (Å²) in [5.41, 5.74) is 0.440. The number of rotatable bonds is 2. The van der Waals surface area contributed by atoms with Gasteiger partial charge < -0.3 is 0 Å². The van der Waals surface area contributed by atoms with E-state index in [1.165, 1.54) is 18.6 Å². The molecule has 0 bridgehead atoms. The molecule has 4 heteroatoms. The zero-order chi connectivity index (χ0) is 12.5. The molecule has 1 aromatic carbocycles. The molecule has 1 fully saturated rings. The van der Waals surface area contributed by atoms with Crippen molar-refractivity contribution in [2.75, 3.05) is 0 Å². The van der Waals surface area contributed by atoms with Crippen molar-refractivity contribution in [1.29, 1.82) is 0 Å². The van der Waals surface area contributed by atoms with Gasteiger partial charge in [-0.3, -0.25) is 0 Å². The lowest BCUT2D eigenvalue weighted by Crippen LogP contribution is -2.05. The second kappa shape index (κ2) is 5.01. The number of hydrogen-bond donors (Lipinski definition) is 0. The van der Waals surface area contributed by atoms with Crippen molar-refractivity contribution in [2.24, 2.45) is 5.92 Å². The van der Waals surface area contributed by atoms with E-state index in [4.69, 9.17) is 0 Å². The van der Waals surface area contributed by atoms with Crippen LogP contribution in [0.2, 0.25) is 0 Å². The van der Waals surface area contributed by atoms with E-state index < -0.39 is 11.7 Å². The van der Waals surface area contributed by atoms with Crippen molar-refractivity contribution in [1.82, 2.24) is 0 Å². The highest BCUT2D eigenvalue weighted by Crippen LogP contribution is 2.34. The number of halogens is 4. The van der Waals surface area contributed by atoms with Gasteiger partial charge in [-0.2, -0.15) is 13.2 Å². The third-order valence-electron chi connectivity index (χ3n) is 3.28. The van der Waals surface area contributed by atoms with Crippen LogP contribution in [-0.4, -0.2) is 4.83 Å². The van der Waals surface area contributed by atoms with E-state index in [-0.39, 0.29) is 0 Å². The molecule has 2 rings (SSSR count). The molecule has 0 spiro atoms. The molecule has 2 atom stereocenters. The van der Waals surface area contributed by atoms with Crippen LogP contribution in [0.4, 0.5) is 13.2 Å². The first kappa shape index (κ1) is 12.9. The van der Waals surface area contributed by atoms with E-state index in [9.17, 15) is 13.2 Å². The molecule has 17 heavy (non-hydrogen) atoms. The van der Waals surface area contributed by atoms with Gasteiger partial charge in [-0.05, 0) is 49.3 Å². The molecular weight excluding hydrogens is 293 g/mol. The molecule has 0 heterocycles. The molecule has 1 saturated carbocycles. The number of benzene rings is 1. The van der Waals surface area contributed by atoms with E-state index in [1.54, 1.807) is 12.1 Å². The van der Waals surface area contributed by atoms with Crippen molar-refractivity contribution in [2.45, 2.75) is 36.7 Å². The smallest absolute Gasteiger partial charge is 0.166 e. The monoisotopic (exact) mass is 306 g/mol. The minimum Gasteiger partial charge on any atom is -0.166 e. The lowest BCUT2D eigenvalue weighted by atomic mass is 9.97. The summed E-state index contributed by atoms with van der Waals surface area (Å²) >= 11 is 3.58. The largest absolute Gasteiger partial charge is 0.416 e. The van der Waals surface area contributed by atoms with E-state index >= 15 is 0 Å². The van der Waals surface area contributed by atoms with Gasteiger partial charge in [-0.1, -0.05) is 28.1 Å². The second-order valence-corrected chi connectivity index (χ2v) is 5.97. The average molecular weight is 307 g/mol. The molecule has 94 valence electrons. The Bertz CT molecular complexity index is 369. The molecule has 0 amide bonds. The van der Waals surface area contributed by atoms with Crippen LogP contribution in [-0.2, 0) is 12.6 Å². The Morgan fingerprint density at radius 2 is 1.76 bits per heavy atom. The van der Waals surface area contributed by atoms with Crippen LogP contribution in [0.1, 0.15) is 30.4 Å². The van der Waals surface area contributed by atoms with Crippen molar-refractivity contribution >= 4 is 15.9 Å². The number of alkyl halides is 4. The van der Waals surface area contributed by atoms with Crippen LogP contribution in [0.25, 0.3) is 0 Å². The molecule has 0 radical (unpaired) electrons. The second-order valence-electron chi connectivity index (χ2n) is 4.68. The molecule has 1 aliphatic rings. The highest BCUT2D eigenvalue weighted by molar-refractivity contribution is 9.09. The maximum absolute atomic E-state index is 12.4. The van der Waals surface area contributed by atoms with Crippen molar-refractivity contribution in [3.63, 3.8) is 0 Å². The van der Waals surface area contributed by atoms with Gasteiger partial charge in [0.05, 0.1) is 5.56 Å². The summed E-state index contributed by atoms with van der Waals surface area (Å²) in [6.45, 7) is 0.